The Morgan fingerprint density at radius 3 is 2.59 bits per heavy atom. The first-order valence-electron chi connectivity index (χ1n) is 11.7. The molecule has 2 N–H and O–H groups in total. The van der Waals surface area contributed by atoms with E-state index in [9.17, 15) is 4.79 Å². The van der Waals surface area contributed by atoms with Crippen molar-refractivity contribution >= 4 is 11.9 Å². The van der Waals surface area contributed by atoms with Crippen LogP contribution in [0.2, 0.25) is 0 Å². The summed E-state index contributed by atoms with van der Waals surface area (Å²) in [4.78, 5) is 22.3. The van der Waals surface area contributed by atoms with E-state index in [2.05, 4.69) is 42.5 Å². The van der Waals surface area contributed by atoms with Crippen molar-refractivity contribution in [2.75, 3.05) is 5.32 Å². The molecule has 3 aliphatic carbocycles. The van der Waals surface area contributed by atoms with E-state index < -0.39 is 0 Å². The Labute approximate surface area is 190 Å². The Balaban J connectivity index is 1.63. The first-order chi connectivity index (χ1) is 15.2. The molecule has 3 saturated carbocycles. The van der Waals surface area contributed by atoms with Gasteiger partial charge in [0.1, 0.15) is 0 Å². The van der Waals surface area contributed by atoms with Crippen molar-refractivity contribution in [1.29, 1.82) is 5.26 Å². The van der Waals surface area contributed by atoms with Gasteiger partial charge in [0.15, 0.2) is 0 Å². The minimum absolute atomic E-state index is 0.0623. The van der Waals surface area contributed by atoms with Crippen molar-refractivity contribution < 1.29 is 4.79 Å². The fraction of sp³-hybridized carbons (Fsp3) is 0.538. The van der Waals surface area contributed by atoms with Crippen molar-refractivity contribution in [2.24, 2.45) is 23.2 Å². The highest BCUT2D eigenvalue weighted by atomic mass is 16.1. The third-order valence-corrected chi connectivity index (χ3v) is 7.98. The Bertz CT molecular complexity index is 1040. The van der Waals surface area contributed by atoms with Gasteiger partial charge in [0.25, 0.3) is 5.91 Å². The Morgan fingerprint density at radius 2 is 2.00 bits per heavy atom. The number of carbonyl (C=O) groups excluding carboxylic acids is 1. The summed E-state index contributed by atoms with van der Waals surface area (Å²) in [6.07, 6.45) is 4.91. The van der Waals surface area contributed by atoms with E-state index in [1.165, 1.54) is 6.42 Å². The van der Waals surface area contributed by atoms with Gasteiger partial charge in [-0.2, -0.15) is 5.26 Å². The molecule has 2 bridgehead atoms. The molecule has 5 atom stereocenters. The zero-order valence-electron chi connectivity index (χ0n) is 19.6. The van der Waals surface area contributed by atoms with E-state index in [0.29, 0.717) is 40.1 Å². The number of rotatable bonds is 6. The van der Waals surface area contributed by atoms with E-state index in [0.717, 1.165) is 30.2 Å². The van der Waals surface area contributed by atoms with Crippen LogP contribution in [0.5, 0.6) is 0 Å². The van der Waals surface area contributed by atoms with Gasteiger partial charge in [-0.3, -0.25) is 4.79 Å². The van der Waals surface area contributed by atoms with Crippen molar-refractivity contribution in [1.82, 2.24) is 15.3 Å². The van der Waals surface area contributed by atoms with E-state index in [4.69, 9.17) is 10.2 Å². The molecule has 1 heterocycles. The summed E-state index contributed by atoms with van der Waals surface area (Å²) in [5.74, 6) is 2.38. The second kappa shape index (κ2) is 8.54. The van der Waals surface area contributed by atoms with Crippen LogP contribution in [0.3, 0.4) is 0 Å². The third kappa shape index (κ3) is 3.97. The summed E-state index contributed by atoms with van der Waals surface area (Å²) in [6.45, 7) is 11.1. The highest BCUT2D eigenvalue weighted by Crippen LogP contribution is 2.61. The van der Waals surface area contributed by atoms with Gasteiger partial charge >= 0.3 is 0 Å². The predicted octanol–water partition coefficient (Wildman–Crippen LogP) is 5.03. The van der Waals surface area contributed by atoms with Gasteiger partial charge < -0.3 is 10.6 Å². The second-order valence-electron chi connectivity index (χ2n) is 10.1. The molecule has 5 unspecified atom stereocenters. The van der Waals surface area contributed by atoms with Crippen molar-refractivity contribution in [3.63, 3.8) is 0 Å². The molecule has 6 heteroatoms. The average molecular weight is 432 g/mol. The number of anilines is 1. The lowest BCUT2D eigenvalue weighted by Gasteiger charge is -2.62. The first-order valence-corrected chi connectivity index (χ1v) is 11.7. The summed E-state index contributed by atoms with van der Waals surface area (Å²) >= 11 is 0. The molecule has 3 aliphatic rings. The Kier molecular flexibility index (Phi) is 5.94. The summed E-state index contributed by atoms with van der Waals surface area (Å²) in [7, 11) is 0. The van der Waals surface area contributed by atoms with Gasteiger partial charge in [-0.25, -0.2) is 9.97 Å². The van der Waals surface area contributed by atoms with Gasteiger partial charge in [-0.05, 0) is 61.5 Å². The van der Waals surface area contributed by atoms with E-state index >= 15 is 0 Å². The standard InChI is InChI=1S/C26H33N5O/c1-6-15(2)29-24(32)20-14-28-25(31-23(20)18-9-7-17(13-27)8-10-18)30-22-12-19-11-21(16(22)3)26(19,4)5/h7-10,14-16,19,21-22H,6,11-12H2,1-5H3,(H,29,32)(H,28,30,31). The number of carbonyl (C=O) groups is 1. The lowest BCUT2D eigenvalue weighted by atomic mass is 9.45. The molecule has 0 aliphatic heterocycles. The fourth-order valence-corrected chi connectivity index (χ4v) is 5.45. The fourth-order valence-electron chi connectivity index (χ4n) is 5.45. The third-order valence-electron chi connectivity index (χ3n) is 7.98. The number of nitriles is 1. The summed E-state index contributed by atoms with van der Waals surface area (Å²) in [5, 5.41) is 15.7. The van der Waals surface area contributed by atoms with Crippen LogP contribution >= 0.6 is 0 Å². The van der Waals surface area contributed by atoms with Crippen LogP contribution in [0.25, 0.3) is 11.3 Å². The van der Waals surface area contributed by atoms with Crippen molar-refractivity contribution in [2.45, 2.75) is 66.0 Å². The zero-order valence-corrected chi connectivity index (χ0v) is 19.6. The quantitative estimate of drug-likeness (QED) is 0.670. The molecule has 168 valence electrons. The molecule has 1 aromatic carbocycles. The van der Waals surface area contributed by atoms with Crippen LogP contribution in [-0.2, 0) is 0 Å². The zero-order chi connectivity index (χ0) is 23.0. The van der Waals surface area contributed by atoms with Gasteiger partial charge in [0.05, 0.1) is 22.9 Å². The lowest BCUT2D eigenvalue weighted by Crippen LogP contribution is -2.58. The molecule has 1 amide bonds. The second-order valence-corrected chi connectivity index (χ2v) is 10.1. The number of nitrogens with zero attached hydrogens (tertiary/aromatic N) is 3. The van der Waals surface area contributed by atoms with Crippen molar-refractivity contribution in [3.8, 4) is 17.3 Å². The maximum atomic E-state index is 12.9. The molecule has 32 heavy (non-hydrogen) atoms. The van der Waals surface area contributed by atoms with Crippen LogP contribution in [0.4, 0.5) is 5.95 Å². The molecule has 2 aromatic rings. The number of hydrogen-bond acceptors (Lipinski definition) is 5. The van der Waals surface area contributed by atoms with Crippen LogP contribution in [-0.4, -0.2) is 28.0 Å². The van der Waals surface area contributed by atoms with Crippen LogP contribution in [0.1, 0.15) is 69.8 Å². The van der Waals surface area contributed by atoms with E-state index in [-0.39, 0.29) is 11.9 Å². The Morgan fingerprint density at radius 1 is 1.28 bits per heavy atom. The largest absolute Gasteiger partial charge is 0.351 e. The van der Waals surface area contributed by atoms with Crippen LogP contribution in [0.15, 0.2) is 30.5 Å². The smallest absolute Gasteiger partial charge is 0.255 e. The van der Waals surface area contributed by atoms with Gasteiger partial charge in [-0.1, -0.05) is 39.8 Å². The molecule has 1 aromatic heterocycles. The van der Waals surface area contributed by atoms with Gasteiger partial charge in [0.2, 0.25) is 5.95 Å². The molecular weight excluding hydrogens is 398 g/mol. The van der Waals surface area contributed by atoms with E-state index in [1.54, 1.807) is 18.3 Å². The number of hydrogen-bond donors (Lipinski definition) is 2. The highest BCUT2D eigenvalue weighted by Gasteiger charge is 2.56. The SMILES string of the molecule is CCC(C)NC(=O)c1cnc(NC2CC3CC(C2C)C3(C)C)nc1-c1ccc(C#N)cc1. The molecule has 0 saturated heterocycles. The number of benzene rings is 1. The van der Waals surface area contributed by atoms with Gasteiger partial charge in [-0.15, -0.1) is 0 Å². The number of nitrogens with one attached hydrogen (secondary N) is 2. The molecular formula is C26H33N5O. The van der Waals surface area contributed by atoms with Crippen molar-refractivity contribution in [3.05, 3.63) is 41.6 Å². The number of aromatic nitrogens is 2. The van der Waals surface area contributed by atoms with Gasteiger partial charge in [0, 0.05) is 23.8 Å². The maximum absolute atomic E-state index is 12.9. The lowest BCUT2D eigenvalue weighted by molar-refractivity contribution is -0.105. The number of fused-ring (bicyclic) bond motifs is 2. The topological polar surface area (TPSA) is 90.7 Å². The monoisotopic (exact) mass is 431 g/mol. The molecule has 5 rings (SSSR count). The summed E-state index contributed by atoms with van der Waals surface area (Å²) < 4.78 is 0. The molecule has 0 spiro atoms. The summed E-state index contributed by atoms with van der Waals surface area (Å²) in [6, 6.07) is 9.71. The highest BCUT2D eigenvalue weighted by molar-refractivity contribution is 6.00. The van der Waals surface area contributed by atoms with Crippen LogP contribution < -0.4 is 10.6 Å². The Hall–Kier alpha value is -2.94. The average Bonchev–Trinajstić information content (AvgIpc) is 2.79. The number of amides is 1. The maximum Gasteiger partial charge on any atom is 0.255 e. The molecule has 0 radical (unpaired) electrons. The molecule has 3 fully saturated rings. The summed E-state index contributed by atoms with van der Waals surface area (Å²) in [5.41, 5.74) is 2.82. The molecule has 6 nitrogen and oxygen atoms in total. The van der Waals surface area contributed by atoms with E-state index in [1.807, 2.05) is 26.0 Å². The minimum atomic E-state index is -0.181. The van der Waals surface area contributed by atoms with Crippen LogP contribution in [0, 0.1) is 34.5 Å². The predicted molar refractivity (Wildman–Crippen MR) is 126 cm³/mol. The minimum Gasteiger partial charge on any atom is -0.351 e. The first kappa shape index (κ1) is 22.3. The normalized spacial score (nSPS) is 26.4.